The summed E-state index contributed by atoms with van der Waals surface area (Å²) < 4.78 is 5.03. The first kappa shape index (κ1) is 16.0. The SMILES string of the molecule is CCC[C@]1(CO)CCN(C(=O)c2c(C)noc2C)C[C@H]1O. The largest absolute Gasteiger partial charge is 0.396 e. The number of hydrogen-bond acceptors (Lipinski definition) is 5. The zero-order valence-corrected chi connectivity index (χ0v) is 12.9. The fraction of sp³-hybridized carbons (Fsp3) is 0.733. The van der Waals surface area contributed by atoms with Crippen LogP contribution >= 0.6 is 0 Å². The van der Waals surface area contributed by atoms with Crippen molar-refractivity contribution in [2.75, 3.05) is 19.7 Å². The molecule has 6 nitrogen and oxygen atoms in total. The molecule has 118 valence electrons. The molecule has 2 rings (SSSR count). The Morgan fingerprint density at radius 3 is 2.71 bits per heavy atom. The highest BCUT2D eigenvalue weighted by molar-refractivity contribution is 5.96. The lowest BCUT2D eigenvalue weighted by Crippen LogP contribution is -2.54. The Morgan fingerprint density at radius 2 is 2.24 bits per heavy atom. The average molecular weight is 296 g/mol. The molecule has 1 fully saturated rings. The molecular formula is C15H24N2O4. The fourth-order valence-electron chi connectivity index (χ4n) is 3.20. The molecule has 0 spiro atoms. The maximum Gasteiger partial charge on any atom is 0.259 e. The van der Waals surface area contributed by atoms with Crippen molar-refractivity contribution in [1.82, 2.24) is 10.1 Å². The number of piperidine rings is 1. The summed E-state index contributed by atoms with van der Waals surface area (Å²) in [5, 5.41) is 23.9. The standard InChI is InChI=1S/C15H24N2O4/c1-4-5-15(9-18)6-7-17(8-12(15)19)14(20)13-10(2)16-21-11(13)3/h12,18-19H,4-9H2,1-3H3/t12-,15-/m1/s1. The third kappa shape index (κ3) is 2.82. The number of amides is 1. The Balaban J connectivity index is 2.14. The van der Waals surface area contributed by atoms with Crippen LogP contribution in [0.4, 0.5) is 0 Å². The van der Waals surface area contributed by atoms with Crippen molar-refractivity contribution >= 4 is 5.91 Å². The molecule has 1 aliphatic rings. The van der Waals surface area contributed by atoms with Crippen LogP contribution in [0, 0.1) is 19.3 Å². The molecule has 2 atom stereocenters. The Bertz CT molecular complexity index is 494. The quantitative estimate of drug-likeness (QED) is 0.874. The van der Waals surface area contributed by atoms with Crippen LogP contribution in [0.5, 0.6) is 0 Å². The zero-order valence-electron chi connectivity index (χ0n) is 12.9. The number of aryl methyl sites for hydroxylation is 2. The summed E-state index contributed by atoms with van der Waals surface area (Å²) in [4.78, 5) is 14.2. The molecule has 1 amide bonds. The highest BCUT2D eigenvalue weighted by Gasteiger charge is 2.42. The molecule has 0 unspecified atom stereocenters. The molecule has 6 heteroatoms. The number of carbonyl (C=O) groups excluding carboxylic acids is 1. The number of likely N-dealkylation sites (tertiary alicyclic amines) is 1. The monoisotopic (exact) mass is 296 g/mol. The first-order valence-electron chi connectivity index (χ1n) is 7.46. The molecule has 1 aromatic rings. The van der Waals surface area contributed by atoms with Crippen LogP contribution in [0.3, 0.4) is 0 Å². The van der Waals surface area contributed by atoms with E-state index < -0.39 is 11.5 Å². The molecular weight excluding hydrogens is 272 g/mol. The number of rotatable bonds is 4. The van der Waals surface area contributed by atoms with E-state index in [9.17, 15) is 15.0 Å². The minimum Gasteiger partial charge on any atom is -0.396 e. The van der Waals surface area contributed by atoms with Crippen LogP contribution in [-0.4, -0.2) is 52.0 Å². The van der Waals surface area contributed by atoms with Gasteiger partial charge in [0.1, 0.15) is 11.3 Å². The van der Waals surface area contributed by atoms with Gasteiger partial charge < -0.3 is 19.6 Å². The first-order chi connectivity index (χ1) is 9.95. The van der Waals surface area contributed by atoms with Gasteiger partial charge in [0, 0.05) is 18.5 Å². The lowest BCUT2D eigenvalue weighted by molar-refractivity contribution is -0.0713. The fourth-order valence-corrected chi connectivity index (χ4v) is 3.20. The van der Waals surface area contributed by atoms with Gasteiger partial charge in [-0.1, -0.05) is 18.5 Å². The minimum absolute atomic E-state index is 0.0463. The molecule has 2 heterocycles. The average Bonchev–Trinajstić information content (AvgIpc) is 2.80. The molecule has 0 radical (unpaired) electrons. The minimum atomic E-state index is -0.708. The predicted octanol–water partition coefficient (Wildman–Crippen LogP) is 1.28. The Kier molecular flexibility index (Phi) is 4.68. The number of aliphatic hydroxyl groups is 2. The molecule has 2 N–H and O–H groups in total. The second kappa shape index (κ2) is 6.15. The highest BCUT2D eigenvalue weighted by atomic mass is 16.5. The summed E-state index contributed by atoms with van der Waals surface area (Å²) >= 11 is 0. The Morgan fingerprint density at radius 1 is 1.52 bits per heavy atom. The van der Waals surface area contributed by atoms with Gasteiger partial charge in [-0.3, -0.25) is 4.79 Å². The van der Waals surface area contributed by atoms with Crippen LogP contribution in [0.15, 0.2) is 4.52 Å². The molecule has 1 aliphatic heterocycles. The van der Waals surface area contributed by atoms with E-state index >= 15 is 0 Å². The molecule has 1 aromatic heterocycles. The maximum absolute atomic E-state index is 12.6. The molecule has 0 bridgehead atoms. The van der Waals surface area contributed by atoms with Crippen LogP contribution in [0.25, 0.3) is 0 Å². The van der Waals surface area contributed by atoms with Gasteiger partial charge in [0.15, 0.2) is 0 Å². The van der Waals surface area contributed by atoms with Crippen LogP contribution in [0.2, 0.25) is 0 Å². The lowest BCUT2D eigenvalue weighted by Gasteiger charge is -2.44. The first-order valence-corrected chi connectivity index (χ1v) is 7.46. The van der Waals surface area contributed by atoms with E-state index in [1.54, 1.807) is 18.7 Å². The number of carbonyl (C=O) groups is 1. The van der Waals surface area contributed by atoms with Crippen molar-refractivity contribution in [3.8, 4) is 0 Å². The molecule has 0 saturated carbocycles. The number of aromatic nitrogens is 1. The number of nitrogens with zero attached hydrogens (tertiary/aromatic N) is 2. The lowest BCUT2D eigenvalue weighted by atomic mass is 9.73. The second-order valence-electron chi connectivity index (χ2n) is 5.99. The van der Waals surface area contributed by atoms with Crippen molar-refractivity contribution in [3.63, 3.8) is 0 Å². The zero-order chi connectivity index (χ0) is 15.6. The Labute approximate surface area is 124 Å². The van der Waals surface area contributed by atoms with Crippen molar-refractivity contribution in [3.05, 3.63) is 17.0 Å². The summed E-state index contributed by atoms with van der Waals surface area (Å²) in [6.45, 7) is 6.20. The smallest absolute Gasteiger partial charge is 0.259 e. The summed E-state index contributed by atoms with van der Waals surface area (Å²) in [5.74, 6) is 0.341. The van der Waals surface area contributed by atoms with E-state index in [0.29, 0.717) is 30.0 Å². The van der Waals surface area contributed by atoms with Crippen molar-refractivity contribution in [1.29, 1.82) is 0 Å². The van der Waals surface area contributed by atoms with Crippen molar-refractivity contribution in [2.45, 2.75) is 46.1 Å². The van der Waals surface area contributed by atoms with Gasteiger partial charge in [-0.2, -0.15) is 0 Å². The Hall–Kier alpha value is -1.40. The van der Waals surface area contributed by atoms with Gasteiger partial charge in [0.2, 0.25) is 0 Å². The molecule has 1 saturated heterocycles. The van der Waals surface area contributed by atoms with Gasteiger partial charge in [0.25, 0.3) is 5.91 Å². The molecule has 0 aliphatic carbocycles. The third-order valence-corrected chi connectivity index (χ3v) is 4.58. The van der Waals surface area contributed by atoms with Crippen LogP contribution in [-0.2, 0) is 0 Å². The normalized spacial score (nSPS) is 26.1. The van der Waals surface area contributed by atoms with Crippen LogP contribution in [0.1, 0.15) is 48.0 Å². The van der Waals surface area contributed by atoms with Gasteiger partial charge in [-0.15, -0.1) is 0 Å². The van der Waals surface area contributed by atoms with Crippen molar-refractivity contribution < 1.29 is 19.5 Å². The van der Waals surface area contributed by atoms with E-state index in [1.165, 1.54) is 0 Å². The van der Waals surface area contributed by atoms with Gasteiger partial charge in [-0.25, -0.2) is 0 Å². The molecule has 0 aromatic carbocycles. The second-order valence-corrected chi connectivity index (χ2v) is 5.99. The maximum atomic E-state index is 12.6. The summed E-state index contributed by atoms with van der Waals surface area (Å²) in [5.41, 5.74) is 0.568. The summed E-state index contributed by atoms with van der Waals surface area (Å²) in [7, 11) is 0. The number of β-amino-alcohol motifs (C(OH)–C–C–N with tert-alkyl or cyclic N) is 1. The van der Waals surface area contributed by atoms with E-state index in [4.69, 9.17) is 4.52 Å². The molecule has 21 heavy (non-hydrogen) atoms. The summed E-state index contributed by atoms with van der Waals surface area (Å²) in [6, 6.07) is 0. The third-order valence-electron chi connectivity index (χ3n) is 4.58. The van der Waals surface area contributed by atoms with E-state index in [2.05, 4.69) is 5.16 Å². The topological polar surface area (TPSA) is 86.8 Å². The predicted molar refractivity (Wildman–Crippen MR) is 76.9 cm³/mol. The number of aliphatic hydroxyl groups excluding tert-OH is 2. The highest BCUT2D eigenvalue weighted by Crippen LogP contribution is 2.36. The van der Waals surface area contributed by atoms with Gasteiger partial charge >= 0.3 is 0 Å². The van der Waals surface area contributed by atoms with E-state index in [0.717, 1.165) is 12.8 Å². The van der Waals surface area contributed by atoms with Crippen molar-refractivity contribution in [2.24, 2.45) is 5.41 Å². The van der Waals surface area contributed by atoms with E-state index in [-0.39, 0.29) is 19.1 Å². The van der Waals surface area contributed by atoms with Crippen LogP contribution < -0.4 is 0 Å². The number of hydrogen-bond donors (Lipinski definition) is 2. The summed E-state index contributed by atoms with van der Waals surface area (Å²) in [6.07, 6.45) is 1.56. The van der Waals surface area contributed by atoms with Gasteiger partial charge in [-0.05, 0) is 26.7 Å². The van der Waals surface area contributed by atoms with E-state index in [1.807, 2.05) is 6.92 Å². The van der Waals surface area contributed by atoms with Gasteiger partial charge in [0.05, 0.1) is 18.4 Å².